The Morgan fingerprint density at radius 1 is 1.22 bits per heavy atom. The molecular formula is C18H21N3OS. The monoisotopic (exact) mass is 327 g/mol. The van der Waals surface area contributed by atoms with Crippen LogP contribution in [0.25, 0.3) is 16.2 Å². The second kappa shape index (κ2) is 6.24. The van der Waals surface area contributed by atoms with Crippen LogP contribution in [0.3, 0.4) is 0 Å². The van der Waals surface area contributed by atoms with Crippen LogP contribution in [0.1, 0.15) is 59.2 Å². The normalized spacial score (nSPS) is 11.5. The quantitative estimate of drug-likeness (QED) is 0.633. The van der Waals surface area contributed by atoms with Crippen molar-refractivity contribution >= 4 is 22.6 Å². The largest absolute Gasteiger partial charge is 0.296 e. The number of carbonyl (C=O) groups excluding carboxylic acids is 1. The number of imidazole rings is 1. The molecule has 2 heterocycles. The number of rotatable bonds is 5. The number of hydrogen-bond donors (Lipinski definition) is 0. The standard InChI is InChI=1S/C18H21N3OS/c1-5-13(6-2)17-20-21-15(10-22)16(19-18(21)23-17)14-8-7-11(3)12(4)9-14/h7-10,13H,5-6H2,1-4H3. The van der Waals surface area contributed by atoms with Crippen LogP contribution in [-0.4, -0.2) is 20.9 Å². The predicted octanol–water partition coefficient (Wildman–Crippen LogP) is 4.79. The first kappa shape index (κ1) is 15.9. The average molecular weight is 327 g/mol. The summed E-state index contributed by atoms with van der Waals surface area (Å²) in [7, 11) is 0. The second-order valence-electron chi connectivity index (χ2n) is 5.91. The number of nitrogens with zero attached hydrogens (tertiary/aromatic N) is 3. The minimum Gasteiger partial charge on any atom is -0.296 e. The first-order chi connectivity index (χ1) is 11.1. The van der Waals surface area contributed by atoms with Crippen molar-refractivity contribution in [2.75, 3.05) is 0 Å². The maximum absolute atomic E-state index is 11.6. The fourth-order valence-corrected chi connectivity index (χ4v) is 3.96. The molecule has 0 bridgehead atoms. The minimum atomic E-state index is 0.436. The maximum Gasteiger partial charge on any atom is 0.213 e. The Morgan fingerprint density at radius 3 is 2.57 bits per heavy atom. The van der Waals surface area contributed by atoms with Crippen LogP contribution in [0.4, 0.5) is 0 Å². The van der Waals surface area contributed by atoms with E-state index in [1.165, 1.54) is 11.1 Å². The lowest BCUT2D eigenvalue weighted by molar-refractivity contribution is 0.111. The fourth-order valence-electron chi connectivity index (χ4n) is 2.79. The van der Waals surface area contributed by atoms with Gasteiger partial charge in [-0.15, -0.1) is 0 Å². The SMILES string of the molecule is CCC(CC)c1nn2c(C=O)c(-c3ccc(C)c(C)c3)nc2s1. The highest BCUT2D eigenvalue weighted by molar-refractivity contribution is 7.16. The van der Waals surface area contributed by atoms with Crippen LogP contribution >= 0.6 is 11.3 Å². The van der Waals surface area contributed by atoms with Crippen molar-refractivity contribution in [1.29, 1.82) is 0 Å². The first-order valence-corrected chi connectivity index (χ1v) is 8.82. The molecule has 4 nitrogen and oxygen atoms in total. The summed E-state index contributed by atoms with van der Waals surface area (Å²) in [5, 5.41) is 5.72. The van der Waals surface area contributed by atoms with E-state index in [1.54, 1.807) is 15.9 Å². The molecule has 120 valence electrons. The van der Waals surface area contributed by atoms with Crippen LogP contribution in [0.2, 0.25) is 0 Å². The highest BCUT2D eigenvalue weighted by atomic mass is 32.1. The van der Waals surface area contributed by atoms with Crippen molar-refractivity contribution in [2.24, 2.45) is 0 Å². The molecule has 0 aliphatic heterocycles. The average Bonchev–Trinajstić information content (AvgIpc) is 3.08. The lowest BCUT2D eigenvalue weighted by Gasteiger charge is -2.06. The van der Waals surface area contributed by atoms with Crippen molar-refractivity contribution in [2.45, 2.75) is 46.5 Å². The molecule has 0 unspecified atom stereocenters. The van der Waals surface area contributed by atoms with Crippen molar-refractivity contribution in [1.82, 2.24) is 14.6 Å². The molecule has 3 rings (SSSR count). The molecule has 0 radical (unpaired) electrons. The van der Waals surface area contributed by atoms with E-state index in [0.717, 1.165) is 40.4 Å². The fraction of sp³-hybridized carbons (Fsp3) is 0.389. The summed E-state index contributed by atoms with van der Waals surface area (Å²) < 4.78 is 1.70. The predicted molar refractivity (Wildman–Crippen MR) is 94.5 cm³/mol. The van der Waals surface area contributed by atoms with Gasteiger partial charge in [-0.2, -0.15) is 9.61 Å². The van der Waals surface area contributed by atoms with Gasteiger partial charge in [0.15, 0.2) is 6.29 Å². The molecule has 0 spiro atoms. The van der Waals surface area contributed by atoms with Crippen LogP contribution in [0.5, 0.6) is 0 Å². The van der Waals surface area contributed by atoms with Gasteiger partial charge in [-0.05, 0) is 43.9 Å². The zero-order valence-corrected chi connectivity index (χ0v) is 14.8. The molecule has 0 saturated carbocycles. The summed E-state index contributed by atoms with van der Waals surface area (Å²) in [4.78, 5) is 17.1. The molecule has 0 aliphatic carbocycles. The summed E-state index contributed by atoms with van der Waals surface area (Å²) in [5.41, 5.74) is 4.66. The number of hydrogen-bond acceptors (Lipinski definition) is 4. The van der Waals surface area contributed by atoms with Gasteiger partial charge in [-0.25, -0.2) is 4.98 Å². The maximum atomic E-state index is 11.6. The molecule has 2 aromatic heterocycles. The Bertz CT molecular complexity index is 859. The summed E-state index contributed by atoms with van der Waals surface area (Å²) in [6, 6.07) is 6.16. The Morgan fingerprint density at radius 2 is 1.96 bits per heavy atom. The molecule has 0 atom stereocenters. The topological polar surface area (TPSA) is 47.3 Å². The van der Waals surface area contributed by atoms with E-state index in [1.807, 2.05) is 6.07 Å². The van der Waals surface area contributed by atoms with E-state index in [-0.39, 0.29) is 0 Å². The van der Waals surface area contributed by atoms with Crippen LogP contribution in [-0.2, 0) is 0 Å². The molecule has 0 N–H and O–H groups in total. The molecule has 1 aromatic carbocycles. The zero-order chi connectivity index (χ0) is 16.6. The summed E-state index contributed by atoms with van der Waals surface area (Å²) in [6.07, 6.45) is 2.96. The molecule has 5 heteroatoms. The third-order valence-electron chi connectivity index (χ3n) is 4.48. The first-order valence-electron chi connectivity index (χ1n) is 8.01. The van der Waals surface area contributed by atoms with Crippen molar-refractivity contribution in [3.05, 3.63) is 40.0 Å². The van der Waals surface area contributed by atoms with Gasteiger partial charge < -0.3 is 0 Å². The Kier molecular flexibility index (Phi) is 4.31. The van der Waals surface area contributed by atoms with Crippen molar-refractivity contribution in [3.63, 3.8) is 0 Å². The molecule has 0 aliphatic rings. The van der Waals surface area contributed by atoms with E-state index in [9.17, 15) is 4.79 Å². The summed E-state index contributed by atoms with van der Waals surface area (Å²) in [6.45, 7) is 8.48. The van der Waals surface area contributed by atoms with Gasteiger partial charge in [0, 0.05) is 11.5 Å². The van der Waals surface area contributed by atoms with E-state index in [4.69, 9.17) is 0 Å². The van der Waals surface area contributed by atoms with Gasteiger partial charge in [-0.1, -0.05) is 37.3 Å². The van der Waals surface area contributed by atoms with E-state index in [0.29, 0.717) is 11.6 Å². The number of fused-ring (bicyclic) bond motifs is 1. The zero-order valence-electron chi connectivity index (χ0n) is 14.0. The van der Waals surface area contributed by atoms with Crippen LogP contribution in [0.15, 0.2) is 18.2 Å². The number of benzene rings is 1. The van der Waals surface area contributed by atoms with E-state index < -0.39 is 0 Å². The van der Waals surface area contributed by atoms with E-state index >= 15 is 0 Å². The van der Waals surface area contributed by atoms with Gasteiger partial charge in [0.05, 0.1) is 0 Å². The summed E-state index contributed by atoms with van der Waals surface area (Å²) in [5.74, 6) is 0.436. The Labute approximate surface area is 140 Å². The molecule has 3 aromatic rings. The van der Waals surface area contributed by atoms with Gasteiger partial charge in [0.2, 0.25) is 4.96 Å². The molecule has 0 amide bonds. The molecule has 0 saturated heterocycles. The second-order valence-corrected chi connectivity index (χ2v) is 6.90. The minimum absolute atomic E-state index is 0.436. The third-order valence-corrected chi connectivity index (χ3v) is 5.55. The van der Waals surface area contributed by atoms with Crippen LogP contribution in [0, 0.1) is 13.8 Å². The Balaban J connectivity index is 2.13. The highest BCUT2D eigenvalue weighted by Crippen LogP contribution is 2.31. The lowest BCUT2D eigenvalue weighted by Crippen LogP contribution is -1.99. The van der Waals surface area contributed by atoms with Gasteiger partial charge in [0.25, 0.3) is 0 Å². The molecule has 0 fully saturated rings. The number of aldehydes is 1. The highest BCUT2D eigenvalue weighted by Gasteiger charge is 2.20. The molecule has 23 heavy (non-hydrogen) atoms. The van der Waals surface area contributed by atoms with E-state index in [2.05, 4.69) is 49.9 Å². The van der Waals surface area contributed by atoms with Gasteiger partial charge in [0.1, 0.15) is 16.4 Å². The number of aryl methyl sites for hydroxylation is 2. The summed E-state index contributed by atoms with van der Waals surface area (Å²) >= 11 is 1.59. The Hall–Kier alpha value is -2.01. The third kappa shape index (κ3) is 2.70. The smallest absolute Gasteiger partial charge is 0.213 e. The van der Waals surface area contributed by atoms with Crippen LogP contribution < -0.4 is 0 Å². The van der Waals surface area contributed by atoms with Gasteiger partial charge >= 0.3 is 0 Å². The molecular weight excluding hydrogens is 306 g/mol. The number of carbonyl (C=O) groups is 1. The number of aromatic nitrogens is 3. The van der Waals surface area contributed by atoms with Crippen molar-refractivity contribution < 1.29 is 4.79 Å². The van der Waals surface area contributed by atoms with Gasteiger partial charge in [-0.3, -0.25) is 4.79 Å². The van der Waals surface area contributed by atoms with Crippen molar-refractivity contribution in [3.8, 4) is 11.3 Å². The lowest BCUT2D eigenvalue weighted by atomic mass is 10.0.